The van der Waals surface area contributed by atoms with Gasteiger partial charge in [0.05, 0.1) is 31.9 Å². The SMILES string of the molecule is Nc1nc(NC2CC2)c2ncn([C@H]3C=C[C@@H](CO)C3)c2n1.Nc1nc2c(ncn2COCCO)c(=O)[nH]1. The highest BCUT2D eigenvalue weighted by atomic mass is 16.5. The summed E-state index contributed by atoms with van der Waals surface area (Å²) < 4.78 is 8.64. The van der Waals surface area contributed by atoms with Crippen LogP contribution in [0.4, 0.5) is 17.7 Å². The lowest BCUT2D eigenvalue weighted by atomic mass is 10.1. The molecule has 2 atom stereocenters. The van der Waals surface area contributed by atoms with Gasteiger partial charge in [0.15, 0.2) is 28.1 Å². The molecule has 6 rings (SSSR count). The molecule has 15 nitrogen and oxygen atoms in total. The van der Waals surface area contributed by atoms with E-state index in [0.29, 0.717) is 11.7 Å². The van der Waals surface area contributed by atoms with Crippen molar-refractivity contribution in [1.82, 2.24) is 39.0 Å². The maximum atomic E-state index is 11.4. The molecule has 196 valence electrons. The Kier molecular flexibility index (Phi) is 6.98. The Morgan fingerprint density at radius 3 is 2.62 bits per heavy atom. The third-order valence-electron chi connectivity index (χ3n) is 6.06. The minimum absolute atomic E-state index is 0.0291. The Morgan fingerprint density at radius 2 is 1.89 bits per heavy atom. The first-order chi connectivity index (χ1) is 18.0. The molecular formula is C22H29N11O4. The van der Waals surface area contributed by atoms with Crippen LogP contribution in [0.1, 0.15) is 25.3 Å². The van der Waals surface area contributed by atoms with Crippen molar-refractivity contribution in [2.45, 2.75) is 38.1 Å². The fraction of sp³-hybridized carbons (Fsp3) is 0.455. The van der Waals surface area contributed by atoms with Crippen molar-refractivity contribution in [3.05, 3.63) is 35.2 Å². The largest absolute Gasteiger partial charge is 0.396 e. The second-order valence-corrected chi connectivity index (χ2v) is 8.90. The van der Waals surface area contributed by atoms with Gasteiger partial charge >= 0.3 is 0 Å². The second kappa shape index (κ2) is 10.5. The molecule has 4 aromatic heterocycles. The topological polar surface area (TPSA) is 221 Å². The number of allylic oxidation sites excluding steroid dienone is 1. The zero-order chi connectivity index (χ0) is 25.9. The smallest absolute Gasteiger partial charge is 0.280 e. The average molecular weight is 512 g/mol. The van der Waals surface area contributed by atoms with E-state index in [4.69, 9.17) is 21.3 Å². The molecule has 0 unspecified atom stereocenters. The normalized spacial score (nSPS) is 18.9. The fourth-order valence-corrected chi connectivity index (χ4v) is 4.08. The van der Waals surface area contributed by atoms with Gasteiger partial charge in [-0.05, 0) is 19.3 Å². The Labute approximate surface area is 210 Å². The maximum absolute atomic E-state index is 11.4. The van der Waals surface area contributed by atoms with Crippen LogP contribution in [0, 0.1) is 5.92 Å². The number of nitrogen functional groups attached to an aromatic ring is 2. The van der Waals surface area contributed by atoms with E-state index in [1.807, 2.05) is 10.6 Å². The molecule has 2 aliphatic rings. The molecule has 0 spiro atoms. The van der Waals surface area contributed by atoms with E-state index in [2.05, 4.69) is 41.3 Å². The van der Waals surface area contributed by atoms with Crippen molar-refractivity contribution >= 4 is 40.0 Å². The highest BCUT2D eigenvalue weighted by Gasteiger charge is 2.26. The number of aromatic amines is 1. The van der Waals surface area contributed by atoms with E-state index < -0.39 is 0 Å². The minimum atomic E-state index is -0.386. The zero-order valence-corrected chi connectivity index (χ0v) is 20.0. The first kappa shape index (κ1) is 24.6. The van der Waals surface area contributed by atoms with Crippen LogP contribution in [0.3, 0.4) is 0 Å². The molecule has 4 aromatic rings. The monoisotopic (exact) mass is 511 g/mol. The molecule has 0 radical (unpaired) electrons. The lowest BCUT2D eigenvalue weighted by Crippen LogP contribution is -2.13. The number of aliphatic hydroxyl groups is 2. The Morgan fingerprint density at radius 1 is 1.08 bits per heavy atom. The van der Waals surface area contributed by atoms with E-state index in [9.17, 15) is 9.90 Å². The number of nitrogens with one attached hydrogen (secondary N) is 2. The van der Waals surface area contributed by atoms with Crippen LogP contribution in [0.2, 0.25) is 0 Å². The molecule has 2 aliphatic carbocycles. The molecule has 0 amide bonds. The molecular weight excluding hydrogens is 482 g/mol. The van der Waals surface area contributed by atoms with Crippen molar-refractivity contribution < 1.29 is 14.9 Å². The fourth-order valence-electron chi connectivity index (χ4n) is 4.08. The van der Waals surface area contributed by atoms with Crippen LogP contribution in [0.15, 0.2) is 29.6 Å². The number of imidazole rings is 2. The van der Waals surface area contributed by atoms with E-state index in [1.54, 1.807) is 6.33 Å². The highest BCUT2D eigenvalue weighted by molar-refractivity contribution is 5.84. The summed E-state index contributed by atoms with van der Waals surface area (Å²) in [5.74, 6) is 1.21. The number of aliphatic hydroxyl groups excluding tert-OH is 2. The Bertz CT molecular complexity index is 1470. The molecule has 0 saturated heterocycles. The van der Waals surface area contributed by atoms with Crippen LogP contribution in [0.5, 0.6) is 0 Å². The van der Waals surface area contributed by atoms with E-state index in [0.717, 1.165) is 36.2 Å². The zero-order valence-electron chi connectivity index (χ0n) is 20.0. The van der Waals surface area contributed by atoms with Gasteiger partial charge in [0, 0.05) is 18.6 Å². The number of fused-ring (bicyclic) bond motifs is 2. The van der Waals surface area contributed by atoms with Crippen molar-refractivity contribution in [1.29, 1.82) is 0 Å². The Hall–Kier alpha value is -4.08. The van der Waals surface area contributed by atoms with Crippen LogP contribution in [-0.2, 0) is 11.5 Å². The van der Waals surface area contributed by atoms with Gasteiger partial charge in [-0.1, -0.05) is 12.2 Å². The summed E-state index contributed by atoms with van der Waals surface area (Å²) in [4.78, 5) is 34.7. The number of hydrogen-bond donors (Lipinski definition) is 6. The van der Waals surface area contributed by atoms with Gasteiger partial charge in [-0.3, -0.25) is 14.3 Å². The van der Waals surface area contributed by atoms with E-state index >= 15 is 0 Å². The van der Waals surface area contributed by atoms with Gasteiger partial charge in [0.2, 0.25) is 11.9 Å². The van der Waals surface area contributed by atoms with Crippen LogP contribution >= 0.6 is 0 Å². The van der Waals surface area contributed by atoms with Crippen LogP contribution in [-0.4, -0.2) is 75.1 Å². The summed E-state index contributed by atoms with van der Waals surface area (Å²) in [6, 6.07) is 0.646. The molecule has 37 heavy (non-hydrogen) atoms. The molecule has 1 fully saturated rings. The van der Waals surface area contributed by atoms with Crippen molar-refractivity contribution in [3.63, 3.8) is 0 Å². The number of aromatic nitrogens is 8. The van der Waals surface area contributed by atoms with Gasteiger partial charge in [-0.15, -0.1) is 0 Å². The van der Waals surface area contributed by atoms with Crippen LogP contribution in [0.25, 0.3) is 22.3 Å². The van der Waals surface area contributed by atoms with Gasteiger partial charge in [0.25, 0.3) is 5.56 Å². The number of ether oxygens (including phenoxy) is 1. The van der Waals surface area contributed by atoms with E-state index in [1.165, 1.54) is 10.9 Å². The predicted molar refractivity (Wildman–Crippen MR) is 135 cm³/mol. The minimum Gasteiger partial charge on any atom is -0.396 e. The molecule has 4 heterocycles. The number of anilines is 3. The number of nitrogens with two attached hydrogens (primary N) is 2. The summed E-state index contributed by atoms with van der Waals surface area (Å²) in [6.07, 6.45) is 10.5. The van der Waals surface area contributed by atoms with Crippen molar-refractivity contribution in [3.8, 4) is 0 Å². The van der Waals surface area contributed by atoms with Crippen LogP contribution < -0.4 is 22.3 Å². The van der Waals surface area contributed by atoms with E-state index in [-0.39, 0.29) is 61.5 Å². The quantitative estimate of drug-likeness (QED) is 0.133. The molecule has 8 N–H and O–H groups in total. The van der Waals surface area contributed by atoms with Gasteiger partial charge < -0.3 is 36.3 Å². The Balaban J connectivity index is 0.000000158. The van der Waals surface area contributed by atoms with Gasteiger partial charge in [-0.2, -0.15) is 15.0 Å². The van der Waals surface area contributed by atoms with Crippen molar-refractivity contribution in [2.75, 3.05) is 36.6 Å². The third-order valence-corrected chi connectivity index (χ3v) is 6.06. The number of rotatable bonds is 8. The molecule has 15 heteroatoms. The predicted octanol–water partition coefficient (Wildman–Crippen LogP) is -0.239. The number of nitrogens with zero attached hydrogens (tertiary/aromatic N) is 7. The van der Waals surface area contributed by atoms with Gasteiger partial charge in [0.1, 0.15) is 6.73 Å². The standard InChI is InChI=1S/C14H18N6O.C8H11N5O3/c15-14-18-12(17-9-2-3-9)11-13(19-14)20(7-16-11)10-4-1-8(5-10)6-21;9-8-11-6-5(7(15)12-8)10-3-13(6)4-16-2-1-14/h1,4,7-10,21H,2-3,5-6H2,(H3,15,17,18,19);3,14H,1-2,4H2,(H3,9,11,12,15)/t8-,10+;/m1./s1. The molecule has 0 aromatic carbocycles. The summed E-state index contributed by atoms with van der Waals surface area (Å²) in [6.45, 7) is 0.472. The average Bonchev–Trinajstić information content (AvgIpc) is 3.24. The molecule has 0 bridgehead atoms. The summed E-state index contributed by atoms with van der Waals surface area (Å²) in [5, 5.41) is 21.2. The number of hydrogen-bond acceptors (Lipinski definition) is 12. The van der Waals surface area contributed by atoms with Gasteiger partial charge in [-0.25, -0.2) is 9.97 Å². The number of H-pyrrole nitrogens is 1. The maximum Gasteiger partial charge on any atom is 0.280 e. The summed E-state index contributed by atoms with van der Waals surface area (Å²) in [7, 11) is 0. The first-order valence-electron chi connectivity index (χ1n) is 11.9. The van der Waals surface area contributed by atoms with Crippen molar-refractivity contribution in [2.24, 2.45) is 5.92 Å². The lowest BCUT2D eigenvalue weighted by Gasteiger charge is -2.13. The molecule has 1 saturated carbocycles. The molecule has 0 aliphatic heterocycles. The second-order valence-electron chi connectivity index (χ2n) is 8.90. The highest BCUT2D eigenvalue weighted by Crippen LogP contribution is 2.32. The lowest BCUT2D eigenvalue weighted by molar-refractivity contribution is 0.0499. The third kappa shape index (κ3) is 5.37. The first-order valence-corrected chi connectivity index (χ1v) is 11.9. The summed E-state index contributed by atoms with van der Waals surface area (Å²) in [5.41, 5.74) is 13.0. The summed E-state index contributed by atoms with van der Waals surface area (Å²) >= 11 is 0.